The Hall–Kier alpha value is -3.16. The second kappa shape index (κ2) is 10.2. The molecular weight excluding hydrogens is 432 g/mol. The van der Waals surface area contributed by atoms with E-state index in [0.717, 1.165) is 45.5 Å². The molecule has 2 aromatic carbocycles. The van der Waals surface area contributed by atoms with Gasteiger partial charge in [-0.15, -0.1) is 11.3 Å². The molecule has 1 N–H and O–H groups in total. The molecule has 0 unspecified atom stereocenters. The summed E-state index contributed by atoms with van der Waals surface area (Å²) >= 11 is 1.72. The summed E-state index contributed by atoms with van der Waals surface area (Å²) in [5, 5.41) is 4.66. The van der Waals surface area contributed by atoms with Gasteiger partial charge in [0.2, 0.25) is 0 Å². The largest absolute Gasteiger partial charge is 0.497 e. The van der Waals surface area contributed by atoms with Gasteiger partial charge in [-0.25, -0.2) is 9.97 Å². The lowest BCUT2D eigenvalue weighted by molar-refractivity contribution is 0.310. The summed E-state index contributed by atoms with van der Waals surface area (Å²) in [6.45, 7) is 6.34. The minimum atomic E-state index is 0.629. The molecule has 172 valence electrons. The van der Waals surface area contributed by atoms with Crippen LogP contribution in [0.25, 0.3) is 10.2 Å². The first kappa shape index (κ1) is 23.0. The van der Waals surface area contributed by atoms with Gasteiger partial charge in [0, 0.05) is 23.5 Å². The lowest BCUT2D eigenvalue weighted by atomic mass is 10.2. The third kappa shape index (κ3) is 5.26. The van der Waals surface area contributed by atoms with Crippen LogP contribution in [0.15, 0.2) is 48.5 Å². The maximum atomic E-state index is 5.51. The molecule has 7 heteroatoms. The normalized spacial score (nSPS) is 11.2. The van der Waals surface area contributed by atoms with E-state index in [0.29, 0.717) is 13.1 Å². The maximum absolute atomic E-state index is 5.51. The van der Waals surface area contributed by atoms with Crippen LogP contribution in [0.5, 0.6) is 11.5 Å². The molecule has 4 rings (SSSR count). The zero-order chi connectivity index (χ0) is 23.4. The quantitative estimate of drug-likeness (QED) is 0.351. The van der Waals surface area contributed by atoms with E-state index >= 15 is 0 Å². The first-order valence-corrected chi connectivity index (χ1v) is 11.7. The Bertz CT molecular complexity index is 1250. The number of nitrogens with zero attached hydrogens (tertiary/aromatic N) is 3. The van der Waals surface area contributed by atoms with Crippen molar-refractivity contribution in [3.63, 3.8) is 0 Å². The lowest BCUT2D eigenvalue weighted by Crippen LogP contribution is -2.19. The SMILES string of the molecule is COc1cccc(CN(C)Cc2nc(NCc3ccccc3OC)c3c(C)c(C)sc3n2)c1. The van der Waals surface area contributed by atoms with Crippen LogP contribution in [0.4, 0.5) is 5.82 Å². The van der Waals surface area contributed by atoms with E-state index in [9.17, 15) is 0 Å². The third-order valence-corrected chi connectivity index (χ3v) is 6.81. The molecule has 0 radical (unpaired) electrons. The van der Waals surface area contributed by atoms with Crippen molar-refractivity contribution >= 4 is 27.4 Å². The molecular formula is C26H30N4O2S. The Labute approximate surface area is 199 Å². The number of aromatic nitrogens is 2. The Balaban J connectivity index is 1.58. The smallest absolute Gasteiger partial charge is 0.146 e. The van der Waals surface area contributed by atoms with Crippen molar-refractivity contribution in [1.82, 2.24) is 14.9 Å². The molecule has 0 aliphatic heterocycles. The highest BCUT2D eigenvalue weighted by molar-refractivity contribution is 7.18. The second-order valence-corrected chi connectivity index (χ2v) is 9.34. The monoisotopic (exact) mass is 462 g/mol. The van der Waals surface area contributed by atoms with Gasteiger partial charge < -0.3 is 14.8 Å². The van der Waals surface area contributed by atoms with Gasteiger partial charge in [0.1, 0.15) is 28.0 Å². The molecule has 0 bridgehead atoms. The molecule has 0 aliphatic carbocycles. The van der Waals surface area contributed by atoms with Crippen LogP contribution in [0, 0.1) is 13.8 Å². The third-order valence-electron chi connectivity index (χ3n) is 5.71. The topological polar surface area (TPSA) is 59.5 Å². The van der Waals surface area contributed by atoms with Crippen LogP contribution < -0.4 is 14.8 Å². The lowest BCUT2D eigenvalue weighted by Gasteiger charge is -2.17. The minimum Gasteiger partial charge on any atom is -0.497 e. The molecule has 2 heterocycles. The van der Waals surface area contributed by atoms with Gasteiger partial charge in [-0.1, -0.05) is 30.3 Å². The number of benzene rings is 2. The highest BCUT2D eigenvalue weighted by Gasteiger charge is 2.16. The number of anilines is 1. The Kier molecular flexibility index (Phi) is 7.11. The van der Waals surface area contributed by atoms with Crippen LogP contribution in [0.2, 0.25) is 0 Å². The van der Waals surface area contributed by atoms with Crippen LogP contribution in [0.3, 0.4) is 0 Å². The number of para-hydroxylation sites is 1. The van der Waals surface area contributed by atoms with Crippen molar-refractivity contribution < 1.29 is 9.47 Å². The number of aryl methyl sites for hydroxylation is 2. The summed E-state index contributed by atoms with van der Waals surface area (Å²) in [5.74, 6) is 3.41. The summed E-state index contributed by atoms with van der Waals surface area (Å²) in [6.07, 6.45) is 0. The van der Waals surface area contributed by atoms with Crippen molar-refractivity contribution in [3.05, 3.63) is 75.9 Å². The number of hydrogen-bond donors (Lipinski definition) is 1. The van der Waals surface area contributed by atoms with Crippen molar-refractivity contribution in [3.8, 4) is 11.5 Å². The molecule has 0 atom stereocenters. The number of nitrogens with one attached hydrogen (secondary N) is 1. The fourth-order valence-corrected chi connectivity index (χ4v) is 4.95. The maximum Gasteiger partial charge on any atom is 0.146 e. The molecule has 2 aromatic heterocycles. The van der Waals surface area contributed by atoms with Crippen molar-refractivity contribution in [1.29, 1.82) is 0 Å². The van der Waals surface area contributed by atoms with Crippen molar-refractivity contribution in [2.24, 2.45) is 0 Å². The number of rotatable bonds is 9. The summed E-state index contributed by atoms with van der Waals surface area (Å²) in [4.78, 5) is 14.3. The summed E-state index contributed by atoms with van der Waals surface area (Å²) < 4.78 is 10.9. The number of hydrogen-bond acceptors (Lipinski definition) is 7. The van der Waals surface area contributed by atoms with Crippen LogP contribution in [0.1, 0.15) is 27.4 Å². The van der Waals surface area contributed by atoms with E-state index in [-0.39, 0.29) is 0 Å². The fourth-order valence-electron chi connectivity index (χ4n) is 3.90. The zero-order valence-electron chi connectivity index (χ0n) is 19.8. The van der Waals surface area contributed by atoms with Crippen molar-refractivity contribution in [2.45, 2.75) is 33.5 Å². The van der Waals surface area contributed by atoms with E-state index in [1.165, 1.54) is 16.0 Å². The number of thiophene rings is 1. The first-order chi connectivity index (χ1) is 16.0. The van der Waals surface area contributed by atoms with E-state index < -0.39 is 0 Å². The van der Waals surface area contributed by atoms with Gasteiger partial charge in [0.25, 0.3) is 0 Å². The molecule has 0 spiro atoms. The molecule has 0 saturated carbocycles. The van der Waals surface area contributed by atoms with Gasteiger partial charge in [0.05, 0.1) is 26.2 Å². The van der Waals surface area contributed by atoms with Gasteiger partial charge in [0.15, 0.2) is 0 Å². The standard InChI is InChI=1S/C26H30N4O2S/c1-17-18(2)33-26-24(17)25(27-14-20-10-6-7-12-22(20)32-5)28-23(29-26)16-30(3)15-19-9-8-11-21(13-19)31-4/h6-13H,14-16H2,1-5H3,(H,27,28,29). The zero-order valence-corrected chi connectivity index (χ0v) is 20.6. The van der Waals surface area contributed by atoms with E-state index in [1.54, 1.807) is 25.6 Å². The average molecular weight is 463 g/mol. The highest BCUT2D eigenvalue weighted by atomic mass is 32.1. The van der Waals surface area contributed by atoms with Crippen LogP contribution >= 0.6 is 11.3 Å². The predicted octanol–water partition coefficient (Wildman–Crippen LogP) is 5.57. The molecule has 0 aliphatic rings. The van der Waals surface area contributed by atoms with Crippen molar-refractivity contribution in [2.75, 3.05) is 26.6 Å². The fraction of sp³-hybridized carbons (Fsp3) is 0.308. The van der Waals surface area contributed by atoms with Crippen LogP contribution in [-0.4, -0.2) is 36.1 Å². The Morgan fingerprint density at radius 2 is 1.79 bits per heavy atom. The molecule has 4 aromatic rings. The highest BCUT2D eigenvalue weighted by Crippen LogP contribution is 2.34. The van der Waals surface area contributed by atoms with Crippen LogP contribution in [-0.2, 0) is 19.6 Å². The van der Waals surface area contributed by atoms with E-state index in [4.69, 9.17) is 19.4 Å². The first-order valence-electron chi connectivity index (χ1n) is 10.9. The van der Waals surface area contributed by atoms with Gasteiger partial charge in [-0.05, 0) is 50.2 Å². The predicted molar refractivity (Wildman–Crippen MR) is 135 cm³/mol. The minimum absolute atomic E-state index is 0.629. The Morgan fingerprint density at radius 3 is 2.58 bits per heavy atom. The second-order valence-electron chi connectivity index (χ2n) is 8.14. The van der Waals surface area contributed by atoms with E-state index in [1.807, 2.05) is 30.3 Å². The number of ether oxygens (including phenoxy) is 2. The molecule has 0 saturated heterocycles. The van der Waals surface area contributed by atoms with Gasteiger partial charge in [-0.3, -0.25) is 4.90 Å². The molecule has 33 heavy (non-hydrogen) atoms. The van der Waals surface area contributed by atoms with E-state index in [2.05, 4.69) is 49.3 Å². The summed E-state index contributed by atoms with van der Waals surface area (Å²) in [7, 11) is 5.47. The van der Waals surface area contributed by atoms with Gasteiger partial charge in [-0.2, -0.15) is 0 Å². The average Bonchev–Trinajstić information content (AvgIpc) is 3.10. The molecule has 6 nitrogen and oxygen atoms in total. The van der Waals surface area contributed by atoms with Gasteiger partial charge >= 0.3 is 0 Å². The molecule has 0 fully saturated rings. The summed E-state index contributed by atoms with van der Waals surface area (Å²) in [6, 6.07) is 16.2. The molecule has 0 amide bonds. The number of fused-ring (bicyclic) bond motifs is 1. The number of methoxy groups -OCH3 is 2. The Morgan fingerprint density at radius 1 is 0.970 bits per heavy atom. The summed E-state index contributed by atoms with van der Waals surface area (Å²) in [5.41, 5.74) is 3.51.